The summed E-state index contributed by atoms with van der Waals surface area (Å²) in [6.07, 6.45) is 0. The smallest absolute Gasteiger partial charge is 0.253 e. The zero-order valence-electron chi connectivity index (χ0n) is 22.0. The van der Waals surface area contributed by atoms with E-state index < -0.39 is 10.0 Å². The molecule has 1 saturated heterocycles. The van der Waals surface area contributed by atoms with E-state index in [-0.39, 0.29) is 37.1 Å². The SMILES string of the molecule is CCOc1cccc2sc(N3CCN(C(=O)c4ccc(S(=O)(=O)N(CCOC)CCOC)cc4)CC3)nc12. The van der Waals surface area contributed by atoms with Crippen LogP contribution in [0.25, 0.3) is 10.2 Å². The molecule has 1 amide bonds. The van der Waals surface area contributed by atoms with Crippen molar-refractivity contribution in [3.63, 3.8) is 0 Å². The Morgan fingerprint density at radius 3 is 2.26 bits per heavy atom. The van der Waals surface area contributed by atoms with E-state index in [9.17, 15) is 13.2 Å². The van der Waals surface area contributed by atoms with Crippen LogP contribution < -0.4 is 9.64 Å². The molecule has 0 N–H and O–H groups in total. The number of nitrogens with zero attached hydrogens (tertiary/aromatic N) is 4. The summed E-state index contributed by atoms with van der Waals surface area (Å²) in [4.78, 5) is 22.1. The molecule has 38 heavy (non-hydrogen) atoms. The Morgan fingerprint density at radius 1 is 1.00 bits per heavy atom. The van der Waals surface area contributed by atoms with Crippen LogP contribution in [-0.4, -0.2) is 102 Å². The number of rotatable bonds is 12. The number of carbonyl (C=O) groups is 1. The van der Waals surface area contributed by atoms with E-state index in [0.29, 0.717) is 38.3 Å². The molecule has 0 bridgehead atoms. The summed E-state index contributed by atoms with van der Waals surface area (Å²) >= 11 is 1.62. The van der Waals surface area contributed by atoms with Gasteiger partial charge < -0.3 is 24.0 Å². The molecule has 1 aromatic heterocycles. The predicted molar refractivity (Wildman–Crippen MR) is 148 cm³/mol. The summed E-state index contributed by atoms with van der Waals surface area (Å²) in [6.45, 7) is 5.95. The fourth-order valence-electron chi connectivity index (χ4n) is 4.26. The monoisotopic (exact) mass is 562 g/mol. The summed E-state index contributed by atoms with van der Waals surface area (Å²) in [5.41, 5.74) is 1.32. The molecule has 12 heteroatoms. The second-order valence-corrected chi connectivity index (χ2v) is 11.7. The third-order valence-electron chi connectivity index (χ3n) is 6.34. The molecule has 2 aromatic carbocycles. The van der Waals surface area contributed by atoms with Gasteiger partial charge >= 0.3 is 0 Å². The summed E-state index contributed by atoms with van der Waals surface area (Å²) in [5, 5.41) is 0.917. The number of methoxy groups -OCH3 is 2. The van der Waals surface area contributed by atoms with Gasteiger partial charge in [-0.25, -0.2) is 13.4 Å². The zero-order chi connectivity index (χ0) is 27.1. The molecule has 3 aromatic rings. The van der Waals surface area contributed by atoms with E-state index in [1.165, 1.54) is 30.7 Å². The van der Waals surface area contributed by atoms with Crippen molar-refractivity contribution < 1.29 is 27.4 Å². The number of aromatic nitrogens is 1. The van der Waals surface area contributed by atoms with Crippen LogP contribution in [0.4, 0.5) is 5.13 Å². The van der Waals surface area contributed by atoms with Crippen LogP contribution in [0.15, 0.2) is 47.4 Å². The Kier molecular flexibility index (Phi) is 9.55. The maximum Gasteiger partial charge on any atom is 0.253 e. The Bertz CT molecular complexity index is 1310. The van der Waals surface area contributed by atoms with Gasteiger partial charge in [0.25, 0.3) is 5.91 Å². The first-order chi connectivity index (χ1) is 18.4. The van der Waals surface area contributed by atoms with Gasteiger partial charge in [0.15, 0.2) is 5.13 Å². The highest BCUT2D eigenvalue weighted by Crippen LogP contribution is 2.34. The van der Waals surface area contributed by atoms with Crippen molar-refractivity contribution >= 4 is 42.6 Å². The first kappa shape index (κ1) is 28.2. The average molecular weight is 563 g/mol. The molecule has 0 aliphatic carbocycles. The molecule has 0 spiro atoms. The lowest BCUT2D eigenvalue weighted by molar-refractivity contribution is 0.0746. The molecular formula is C26H34N4O6S2. The van der Waals surface area contributed by atoms with Crippen LogP contribution in [-0.2, 0) is 19.5 Å². The van der Waals surface area contributed by atoms with Gasteiger partial charge in [-0.1, -0.05) is 17.4 Å². The molecule has 0 saturated carbocycles. The quantitative estimate of drug-likeness (QED) is 0.332. The van der Waals surface area contributed by atoms with Crippen LogP contribution in [0.2, 0.25) is 0 Å². The molecule has 1 aliphatic heterocycles. The van der Waals surface area contributed by atoms with Crippen molar-refractivity contribution in [1.29, 1.82) is 0 Å². The number of piperazine rings is 1. The fraction of sp³-hybridized carbons (Fsp3) is 0.462. The topological polar surface area (TPSA) is 102 Å². The first-order valence-corrected chi connectivity index (χ1v) is 14.8. The number of para-hydroxylation sites is 1. The Hall–Kier alpha value is -2.77. The Balaban J connectivity index is 1.40. The maximum absolute atomic E-state index is 13.2. The second-order valence-electron chi connectivity index (χ2n) is 8.73. The van der Waals surface area contributed by atoms with Crippen molar-refractivity contribution in [1.82, 2.24) is 14.2 Å². The van der Waals surface area contributed by atoms with Crippen LogP contribution in [0.3, 0.4) is 0 Å². The van der Waals surface area contributed by atoms with Crippen molar-refractivity contribution in [3.05, 3.63) is 48.0 Å². The summed E-state index contributed by atoms with van der Waals surface area (Å²) in [6, 6.07) is 12.1. The van der Waals surface area contributed by atoms with Gasteiger partial charge in [-0.05, 0) is 43.3 Å². The van der Waals surface area contributed by atoms with Crippen molar-refractivity contribution in [2.75, 3.05) is 78.2 Å². The van der Waals surface area contributed by atoms with Gasteiger partial charge in [0.05, 0.1) is 29.4 Å². The van der Waals surface area contributed by atoms with Crippen LogP contribution in [0.5, 0.6) is 5.75 Å². The van der Waals surface area contributed by atoms with Gasteiger partial charge in [-0.15, -0.1) is 0 Å². The lowest BCUT2D eigenvalue weighted by Gasteiger charge is -2.34. The third-order valence-corrected chi connectivity index (χ3v) is 9.33. The van der Waals surface area contributed by atoms with E-state index >= 15 is 0 Å². The number of anilines is 1. The van der Waals surface area contributed by atoms with Crippen LogP contribution in [0, 0.1) is 0 Å². The molecular weight excluding hydrogens is 528 g/mol. The maximum atomic E-state index is 13.2. The van der Waals surface area contributed by atoms with Crippen LogP contribution in [0.1, 0.15) is 17.3 Å². The summed E-state index contributed by atoms with van der Waals surface area (Å²) in [5.74, 6) is 0.666. The minimum absolute atomic E-state index is 0.118. The lowest BCUT2D eigenvalue weighted by Crippen LogP contribution is -2.48. The van der Waals surface area contributed by atoms with Gasteiger partial charge in [0, 0.05) is 59.1 Å². The van der Waals surface area contributed by atoms with Crippen LogP contribution >= 0.6 is 11.3 Å². The van der Waals surface area contributed by atoms with Crippen molar-refractivity contribution in [3.8, 4) is 5.75 Å². The summed E-state index contributed by atoms with van der Waals surface area (Å²) in [7, 11) is -0.689. The minimum atomic E-state index is -3.74. The molecule has 1 aliphatic rings. The fourth-order valence-corrected chi connectivity index (χ4v) is 6.70. The average Bonchev–Trinajstić information content (AvgIpc) is 3.38. The number of sulfonamides is 1. The highest BCUT2D eigenvalue weighted by molar-refractivity contribution is 7.89. The van der Waals surface area contributed by atoms with E-state index in [4.69, 9.17) is 19.2 Å². The molecule has 0 radical (unpaired) electrons. The van der Waals surface area contributed by atoms with E-state index in [0.717, 1.165) is 21.1 Å². The highest BCUT2D eigenvalue weighted by atomic mass is 32.2. The second kappa shape index (κ2) is 12.9. The van der Waals surface area contributed by atoms with Gasteiger partial charge in [-0.3, -0.25) is 4.79 Å². The molecule has 206 valence electrons. The van der Waals surface area contributed by atoms with Gasteiger partial charge in [0.2, 0.25) is 10.0 Å². The van der Waals surface area contributed by atoms with Crippen molar-refractivity contribution in [2.24, 2.45) is 0 Å². The largest absolute Gasteiger partial charge is 0.492 e. The summed E-state index contributed by atoms with van der Waals surface area (Å²) < 4.78 is 44.5. The van der Waals surface area contributed by atoms with E-state index in [1.807, 2.05) is 25.1 Å². The molecule has 1 fully saturated rings. The van der Waals surface area contributed by atoms with Crippen molar-refractivity contribution in [2.45, 2.75) is 11.8 Å². The third kappa shape index (κ3) is 6.26. The lowest BCUT2D eigenvalue weighted by atomic mass is 10.2. The number of amides is 1. The number of carbonyl (C=O) groups excluding carboxylic acids is 1. The predicted octanol–water partition coefficient (Wildman–Crippen LogP) is 2.94. The standard InChI is InChI=1S/C26H34N4O6S2/c1-4-36-22-6-5-7-23-24(22)27-26(37-23)29-14-12-28(13-15-29)25(31)20-8-10-21(11-9-20)38(32,33)30(16-18-34-2)17-19-35-3/h5-11H,4,12-19H2,1-3H3. The Labute approximate surface area is 227 Å². The zero-order valence-corrected chi connectivity index (χ0v) is 23.6. The molecule has 10 nitrogen and oxygen atoms in total. The number of thiazole rings is 1. The number of hydrogen-bond acceptors (Lipinski definition) is 9. The molecule has 0 atom stereocenters. The van der Waals surface area contributed by atoms with Gasteiger partial charge in [-0.2, -0.15) is 4.31 Å². The number of ether oxygens (including phenoxy) is 3. The Morgan fingerprint density at radius 2 is 1.66 bits per heavy atom. The number of benzene rings is 2. The van der Waals surface area contributed by atoms with E-state index in [2.05, 4.69) is 4.90 Å². The first-order valence-electron chi connectivity index (χ1n) is 12.5. The minimum Gasteiger partial charge on any atom is -0.492 e. The number of hydrogen-bond donors (Lipinski definition) is 0. The molecule has 4 rings (SSSR count). The number of fused-ring (bicyclic) bond motifs is 1. The van der Waals surface area contributed by atoms with Gasteiger partial charge in [0.1, 0.15) is 11.3 Å². The molecule has 0 unspecified atom stereocenters. The molecule has 2 heterocycles. The highest BCUT2D eigenvalue weighted by Gasteiger charge is 2.27. The normalized spacial score (nSPS) is 14.4. The van der Waals surface area contributed by atoms with E-state index in [1.54, 1.807) is 28.4 Å².